The summed E-state index contributed by atoms with van der Waals surface area (Å²) in [6.07, 6.45) is 1.99. The van der Waals surface area contributed by atoms with Crippen molar-refractivity contribution in [3.05, 3.63) is 219 Å². The van der Waals surface area contributed by atoms with E-state index in [1.54, 1.807) is 0 Å². The van der Waals surface area contributed by atoms with Crippen molar-refractivity contribution in [2.45, 2.75) is 0 Å². The van der Waals surface area contributed by atoms with Crippen LogP contribution in [0, 0.1) is 0 Å². The summed E-state index contributed by atoms with van der Waals surface area (Å²) in [6.45, 7) is 0. The number of rotatable bonds is 5. The van der Waals surface area contributed by atoms with Crippen LogP contribution < -0.4 is 4.90 Å². The molecule has 8 aromatic carbocycles. The quantitative estimate of drug-likeness (QED) is 0.175. The Hall–Kier alpha value is -7.95. The summed E-state index contributed by atoms with van der Waals surface area (Å²) >= 11 is 0. The fourth-order valence-electron chi connectivity index (χ4n) is 9.30. The second-order valence-electron chi connectivity index (χ2n) is 15.2. The van der Waals surface area contributed by atoms with Crippen LogP contribution in [0.1, 0.15) is 0 Å². The molecule has 1 aliphatic heterocycles. The van der Waals surface area contributed by atoms with Gasteiger partial charge in [-0.1, -0.05) is 140 Å². The number of para-hydroxylation sites is 6. The molecule has 276 valence electrons. The predicted molar refractivity (Wildman–Crippen MR) is 245 cm³/mol. The van der Waals surface area contributed by atoms with E-state index in [2.05, 4.69) is 226 Å². The molecule has 0 saturated carbocycles. The van der Waals surface area contributed by atoms with Crippen LogP contribution in [0.5, 0.6) is 0 Å². The predicted octanol–water partition coefficient (Wildman–Crippen LogP) is 14.6. The Kier molecular flexibility index (Phi) is 7.50. The smallest absolute Gasteiger partial charge is 0.0703 e. The molecule has 4 heterocycles. The van der Waals surface area contributed by atoms with E-state index < -0.39 is 0 Å². The molecule has 0 unspecified atom stereocenters. The van der Waals surface area contributed by atoms with E-state index in [0.717, 1.165) is 50.8 Å². The highest BCUT2D eigenvalue weighted by atomic mass is 15.2. The minimum atomic E-state index is 0.941. The highest BCUT2D eigenvalue weighted by molar-refractivity contribution is 6.13. The molecular weight excluding hydrogens is 717 g/mol. The molecule has 4 heteroatoms. The van der Waals surface area contributed by atoms with Gasteiger partial charge in [0.05, 0.1) is 51.2 Å². The van der Waals surface area contributed by atoms with Gasteiger partial charge in [0.2, 0.25) is 0 Å². The van der Waals surface area contributed by atoms with Gasteiger partial charge < -0.3 is 14.0 Å². The molecule has 12 rings (SSSR count). The molecule has 3 aromatic heterocycles. The highest BCUT2D eigenvalue weighted by Gasteiger charge is 2.31. The summed E-state index contributed by atoms with van der Waals surface area (Å²) in [5, 5.41) is 3.72. The summed E-state index contributed by atoms with van der Waals surface area (Å²) in [7, 11) is 0. The van der Waals surface area contributed by atoms with Crippen molar-refractivity contribution in [1.82, 2.24) is 14.1 Å². The van der Waals surface area contributed by atoms with Gasteiger partial charge in [0, 0.05) is 49.8 Å². The summed E-state index contributed by atoms with van der Waals surface area (Å²) in [5.74, 6) is 0. The van der Waals surface area contributed by atoms with E-state index in [9.17, 15) is 0 Å². The lowest BCUT2D eigenvalue weighted by Gasteiger charge is -2.28. The third-order valence-corrected chi connectivity index (χ3v) is 11.9. The minimum Gasteiger partial charge on any atom is -0.309 e. The van der Waals surface area contributed by atoms with Crippen LogP contribution in [0.3, 0.4) is 0 Å². The van der Waals surface area contributed by atoms with Crippen LogP contribution in [-0.4, -0.2) is 14.1 Å². The first-order valence-electron chi connectivity index (χ1n) is 20.1. The fraction of sp³-hybridized carbons (Fsp3) is 0. The first-order chi connectivity index (χ1) is 29.3. The molecule has 0 fully saturated rings. The van der Waals surface area contributed by atoms with Crippen molar-refractivity contribution >= 4 is 49.8 Å². The maximum Gasteiger partial charge on any atom is 0.0703 e. The molecule has 11 aromatic rings. The number of benzene rings is 8. The number of pyridine rings is 1. The zero-order valence-electron chi connectivity index (χ0n) is 32.1. The lowest BCUT2D eigenvalue weighted by Crippen LogP contribution is -2.11. The molecule has 59 heavy (non-hydrogen) atoms. The van der Waals surface area contributed by atoms with Crippen LogP contribution >= 0.6 is 0 Å². The number of hydrogen-bond acceptors (Lipinski definition) is 2. The summed E-state index contributed by atoms with van der Waals surface area (Å²) in [4.78, 5) is 7.43. The zero-order valence-corrected chi connectivity index (χ0v) is 32.1. The van der Waals surface area contributed by atoms with Gasteiger partial charge in [0.25, 0.3) is 0 Å². The Morgan fingerprint density at radius 2 is 0.881 bits per heavy atom. The third kappa shape index (κ3) is 5.20. The number of anilines is 3. The minimum absolute atomic E-state index is 0.941. The molecule has 1 aliphatic rings. The molecule has 0 spiro atoms. The van der Waals surface area contributed by atoms with Crippen molar-refractivity contribution in [1.29, 1.82) is 0 Å². The average Bonchev–Trinajstić information content (AvgIpc) is 3.80. The SMILES string of the molecule is c1ccc(N2c3ccccc3-c3c(n(-c4ccccc4)c4ccccc34)-c3cc(-c4ccc(-c5ccc(-n6c7ccccc7c7ccccc76)cn5)cc4)ccc32)cc1. The Morgan fingerprint density at radius 1 is 0.339 bits per heavy atom. The van der Waals surface area contributed by atoms with E-state index in [1.165, 1.54) is 55.1 Å². The highest BCUT2D eigenvalue weighted by Crippen LogP contribution is 2.55. The maximum atomic E-state index is 5.00. The molecule has 0 bridgehead atoms. The van der Waals surface area contributed by atoms with Crippen molar-refractivity contribution < 1.29 is 0 Å². The van der Waals surface area contributed by atoms with Crippen molar-refractivity contribution in [3.8, 4) is 56.1 Å². The van der Waals surface area contributed by atoms with Gasteiger partial charge in [-0.3, -0.25) is 4.98 Å². The van der Waals surface area contributed by atoms with Crippen molar-refractivity contribution in [3.63, 3.8) is 0 Å². The van der Waals surface area contributed by atoms with Gasteiger partial charge >= 0.3 is 0 Å². The Balaban J connectivity index is 0.999. The average molecular weight is 753 g/mol. The number of nitrogens with zero attached hydrogens (tertiary/aromatic N) is 4. The topological polar surface area (TPSA) is 26.0 Å². The van der Waals surface area contributed by atoms with Crippen LogP contribution in [0.25, 0.3) is 88.9 Å². The summed E-state index contributed by atoms with van der Waals surface area (Å²) in [5.41, 5.74) is 18.3. The van der Waals surface area contributed by atoms with Crippen LogP contribution in [0.4, 0.5) is 17.1 Å². The first kappa shape index (κ1) is 33.2. The van der Waals surface area contributed by atoms with Gasteiger partial charge in [-0.25, -0.2) is 0 Å². The Labute approximate surface area is 342 Å². The fourth-order valence-corrected chi connectivity index (χ4v) is 9.30. The largest absolute Gasteiger partial charge is 0.309 e. The third-order valence-electron chi connectivity index (χ3n) is 11.9. The normalized spacial score (nSPS) is 12.0. The van der Waals surface area contributed by atoms with Crippen molar-refractivity contribution in [2.75, 3.05) is 4.90 Å². The molecule has 0 aliphatic carbocycles. The maximum absolute atomic E-state index is 5.00. The Bertz CT molecular complexity index is 3310. The van der Waals surface area contributed by atoms with E-state index in [0.29, 0.717) is 0 Å². The van der Waals surface area contributed by atoms with Crippen LogP contribution in [-0.2, 0) is 0 Å². The van der Waals surface area contributed by atoms with Gasteiger partial charge in [-0.15, -0.1) is 0 Å². The second kappa shape index (κ2) is 13.3. The van der Waals surface area contributed by atoms with Gasteiger partial charge in [-0.05, 0) is 83.9 Å². The molecular formula is C55H36N4. The van der Waals surface area contributed by atoms with Crippen molar-refractivity contribution in [2.24, 2.45) is 0 Å². The Morgan fingerprint density at radius 3 is 1.56 bits per heavy atom. The summed E-state index contributed by atoms with van der Waals surface area (Å²) in [6, 6.07) is 76.5. The molecule has 0 radical (unpaired) electrons. The summed E-state index contributed by atoms with van der Waals surface area (Å²) < 4.78 is 4.76. The molecule has 0 saturated heterocycles. The van der Waals surface area contributed by atoms with Gasteiger partial charge in [0.15, 0.2) is 0 Å². The first-order valence-corrected chi connectivity index (χ1v) is 20.1. The lowest BCUT2D eigenvalue weighted by atomic mass is 9.95. The molecule has 4 nitrogen and oxygen atoms in total. The number of fused-ring (bicyclic) bond motifs is 10. The van der Waals surface area contributed by atoms with E-state index in [4.69, 9.17) is 4.98 Å². The van der Waals surface area contributed by atoms with Gasteiger partial charge in [-0.2, -0.15) is 0 Å². The van der Waals surface area contributed by atoms with Crippen LogP contribution in [0.2, 0.25) is 0 Å². The van der Waals surface area contributed by atoms with Crippen LogP contribution in [0.15, 0.2) is 219 Å². The molecule has 0 N–H and O–H groups in total. The van der Waals surface area contributed by atoms with E-state index >= 15 is 0 Å². The lowest BCUT2D eigenvalue weighted by molar-refractivity contribution is 1.13. The zero-order chi connectivity index (χ0) is 38.9. The number of hydrogen-bond donors (Lipinski definition) is 0. The monoisotopic (exact) mass is 752 g/mol. The van der Waals surface area contributed by atoms with E-state index in [-0.39, 0.29) is 0 Å². The number of aromatic nitrogens is 3. The molecule has 0 atom stereocenters. The van der Waals surface area contributed by atoms with E-state index in [1.807, 2.05) is 6.20 Å². The van der Waals surface area contributed by atoms with Gasteiger partial charge in [0.1, 0.15) is 0 Å². The standard InChI is InChI=1S/C55H36N4/c1-3-15-40(16-4-1)57-51-25-13-9-21-45(51)54-46-22-10-14-26-52(46)59(41-17-5-2-6-18-41)55(54)47-35-39(31-34-53(47)57)37-27-29-38(30-28-37)48-33-32-42(36-56-48)58-49-23-11-7-19-43(49)44-20-8-12-24-50(44)58/h1-36H. The second-order valence-corrected chi connectivity index (χ2v) is 15.2. The molecule has 0 amide bonds.